The van der Waals surface area contributed by atoms with Crippen LogP contribution in [0.3, 0.4) is 0 Å². The maximum atomic E-state index is 12.3. The molecule has 0 saturated carbocycles. The van der Waals surface area contributed by atoms with Crippen molar-refractivity contribution >= 4 is 17.5 Å². The molecule has 0 aliphatic rings. The fraction of sp³-hybridized carbons (Fsp3) is 0.312. The van der Waals surface area contributed by atoms with Gasteiger partial charge >= 0.3 is 0 Å². The van der Waals surface area contributed by atoms with E-state index in [-0.39, 0.29) is 22.6 Å². The second kappa shape index (κ2) is 5.71. The van der Waals surface area contributed by atoms with Gasteiger partial charge < -0.3 is 9.73 Å². The molecule has 2 rings (SSSR count). The minimum atomic E-state index is -0.229. The highest BCUT2D eigenvalue weighted by Crippen LogP contribution is 2.33. The topological polar surface area (TPSA) is 42.2 Å². The van der Waals surface area contributed by atoms with E-state index in [9.17, 15) is 4.79 Å². The summed E-state index contributed by atoms with van der Waals surface area (Å²) in [5.41, 5.74) is 1.30. The van der Waals surface area contributed by atoms with E-state index >= 15 is 0 Å². The molecule has 1 aromatic heterocycles. The van der Waals surface area contributed by atoms with Gasteiger partial charge in [-0.1, -0.05) is 51.1 Å². The van der Waals surface area contributed by atoms with Crippen LogP contribution in [0.5, 0.6) is 0 Å². The highest BCUT2D eigenvalue weighted by molar-refractivity contribution is 6.32. The third-order valence-electron chi connectivity index (χ3n) is 3.14. The Morgan fingerprint density at radius 1 is 1.20 bits per heavy atom. The molecule has 4 heteroatoms. The van der Waals surface area contributed by atoms with Gasteiger partial charge in [0.1, 0.15) is 0 Å². The second-order valence-electron chi connectivity index (χ2n) is 5.79. The van der Waals surface area contributed by atoms with E-state index < -0.39 is 0 Å². The molecule has 106 valence electrons. The molecule has 1 aromatic carbocycles. The number of carbonyl (C=O) groups is 1. The van der Waals surface area contributed by atoms with Gasteiger partial charge in [-0.15, -0.1) is 0 Å². The second-order valence-corrected chi connectivity index (χ2v) is 6.13. The van der Waals surface area contributed by atoms with Crippen molar-refractivity contribution in [1.82, 2.24) is 5.32 Å². The quantitative estimate of drug-likeness (QED) is 0.908. The third kappa shape index (κ3) is 3.23. The van der Waals surface area contributed by atoms with Crippen molar-refractivity contribution in [2.75, 3.05) is 0 Å². The van der Waals surface area contributed by atoms with E-state index in [0.717, 1.165) is 5.56 Å². The summed E-state index contributed by atoms with van der Waals surface area (Å²) >= 11 is 5.85. The third-order valence-corrected chi connectivity index (χ3v) is 3.43. The Kier molecular flexibility index (Phi) is 4.19. The number of amides is 1. The van der Waals surface area contributed by atoms with Crippen LogP contribution in [-0.4, -0.2) is 5.91 Å². The van der Waals surface area contributed by atoms with Crippen LogP contribution in [0.2, 0.25) is 5.22 Å². The summed E-state index contributed by atoms with van der Waals surface area (Å²) in [6, 6.07) is 11.4. The summed E-state index contributed by atoms with van der Waals surface area (Å²) in [7, 11) is 0. The lowest BCUT2D eigenvalue weighted by atomic mass is 9.82. The minimum Gasteiger partial charge on any atom is -0.452 e. The van der Waals surface area contributed by atoms with Crippen molar-refractivity contribution in [3.8, 4) is 0 Å². The number of nitrogens with one attached hydrogen (secondary N) is 1. The number of benzene rings is 1. The average molecular weight is 292 g/mol. The summed E-state index contributed by atoms with van der Waals surface area (Å²) in [6.07, 6.45) is 1.41. The first-order valence-electron chi connectivity index (χ1n) is 6.48. The van der Waals surface area contributed by atoms with Gasteiger partial charge in [-0.25, -0.2) is 0 Å². The predicted octanol–water partition coefficient (Wildman–Crippen LogP) is 4.45. The fourth-order valence-corrected chi connectivity index (χ4v) is 2.31. The molecule has 20 heavy (non-hydrogen) atoms. The van der Waals surface area contributed by atoms with Crippen LogP contribution in [-0.2, 0) is 0 Å². The molecule has 0 radical (unpaired) electrons. The molecular formula is C16H18ClNO2. The Morgan fingerprint density at radius 2 is 1.85 bits per heavy atom. The van der Waals surface area contributed by atoms with Gasteiger partial charge in [0.2, 0.25) is 5.22 Å². The summed E-state index contributed by atoms with van der Waals surface area (Å²) in [5.74, 6) is -0.229. The number of furan rings is 1. The molecule has 0 aliphatic heterocycles. The molecular weight excluding hydrogens is 274 g/mol. The van der Waals surface area contributed by atoms with Gasteiger partial charge in [0.15, 0.2) is 0 Å². The zero-order valence-electron chi connectivity index (χ0n) is 11.8. The Hall–Kier alpha value is -1.74. The lowest BCUT2D eigenvalue weighted by Gasteiger charge is -2.32. The summed E-state index contributed by atoms with van der Waals surface area (Å²) in [6.45, 7) is 6.26. The minimum absolute atomic E-state index is 0.109. The lowest BCUT2D eigenvalue weighted by molar-refractivity contribution is 0.0901. The number of halogens is 1. The van der Waals surface area contributed by atoms with E-state index in [1.807, 2.05) is 30.3 Å². The number of hydrogen-bond acceptors (Lipinski definition) is 2. The maximum Gasteiger partial charge on any atom is 0.256 e. The highest BCUT2D eigenvalue weighted by Gasteiger charge is 2.28. The van der Waals surface area contributed by atoms with Crippen molar-refractivity contribution in [1.29, 1.82) is 0 Å². The van der Waals surface area contributed by atoms with Crippen LogP contribution in [0.4, 0.5) is 0 Å². The first-order chi connectivity index (χ1) is 9.39. The van der Waals surface area contributed by atoms with E-state index in [4.69, 9.17) is 16.0 Å². The smallest absolute Gasteiger partial charge is 0.256 e. The normalized spacial score (nSPS) is 13.0. The zero-order chi connectivity index (χ0) is 14.8. The molecule has 1 unspecified atom stereocenters. The molecule has 0 fully saturated rings. The van der Waals surface area contributed by atoms with Crippen LogP contribution >= 0.6 is 11.6 Å². The van der Waals surface area contributed by atoms with Gasteiger partial charge in [-0.2, -0.15) is 0 Å². The number of hydrogen-bond donors (Lipinski definition) is 1. The number of rotatable bonds is 3. The van der Waals surface area contributed by atoms with Gasteiger partial charge in [-0.3, -0.25) is 4.79 Å². The number of carbonyl (C=O) groups excluding carboxylic acids is 1. The molecule has 0 spiro atoms. The Labute approximate surface area is 123 Å². The van der Waals surface area contributed by atoms with Crippen LogP contribution in [0.15, 0.2) is 47.1 Å². The molecule has 1 atom stereocenters. The van der Waals surface area contributed by atoms with Crippen molar-refractivity contribution < 1.29 is 9.21 Å². The predicted molar refractivity (Wildman–Crippen MR) is 79.8 cm³/mol. The first kappa shape index (κ1) is 14.7. The van der Waals surface area contributed by atoms with Crippen LogP contribution < -0.4 is 5.32 Å². The van der Waals surface area contributed by atoms with Crippen molar-refractivity contribution in [3.05, 3.63) is 59.0 Å². The molecule has 0 aliphatic carbocycles. The molecule has 0 saturated heterocycles. The Bertz CT molecular complexity index is 584. The van der Waals surface area contributed by atoms with Gasteiger partial charge in [-0.05, 0) is 28.6 Å². The zero-order valence-corrected chi connectivity index (χ0v) is 12.6. The van der Waals surface area contributed by atoms with Crippen molar-refractivity contribution in [3.63, 3.8) is 0 Å². The van der Waals surface area contributed by atoms with Gasteiger partial charge in [0.25, 0.3) is 5.91 Å². The lowest BCUT2D eigenvalue weighted by Crippen LogP contribution is -2.36. The molecule has 1 N–H and O–H groups in total. The SMILES string of the molecule is CC(C)(C)C(NC(=O)c1ccoc1Cl)c1ccccc1. The van der Waals surface area contributed by atoms with E-state index in [0.29, 0.717) is 5.56 Å². The van der Waals surface area contributed by atoms with E-state index in [2.05, 4.69) is 26.1 Å². The Morgan fingerprint density at radius 3 is 2.35 bits per heavy atom. The average Bonchev–Trinajstić information content (AvgIpc) is 2.82. The summed E-state index contributed by atoms with van der Waals surface area (Å²) in [4.78, 5) is 12.3. The van der Waals surface area contributed by atoms with Crippen molar-refractivity contribution in [2.45, 2.75) is 26.8 Å². The van der Waals surface area contributed by atoms with Gasteiger partial charge in [0.05, 0.1) is 17.9 Å². The summed E-state index contributed by atoms with van der Waals surface area (Å²) in [5, 5.41) is 3.15. The molecule has 1 heterocycles. The first-order valence-corrected chi connectivity index (χ1v) is 6.86. The molecule has 3 nitrogen and oxygen atoms in total. The van der Waals surface area contributed by atoms with E-state index in [1.54, 1.807) is 6.07 Å². The van der Waals surface area contributed by atoms with Crippen LogP contribution in [0.1, 0.15) is 42.7 Å². The van der Waals surface area contributed by atoms with Gasteiger partial charge in [0, 0.05) is 0 Å². The van der Waals surface area contributed by atoms with E-state index in [1.165, 1.54) is 6.26 Å². The van der Waals surface area contributed by atoms with Crippen LogP contribution in [0.25, 0.3) is 0 Å². The fourth-order valence-electron chi connectivity index (χ4n) is 2.11. The Balaban J connectivity index is 2.26. The molecule has 1 amide bonds. The van der Waals surface area contributed by atoms with Crippen molar-refractivity contribution in [2.24, 2.45) is 5.41 Å². The largest absolute Gasteiger partial charge is 0.452 e. The monoisotopic (exact) mass is 291 g/mol. The molecule has 0 bridgehead atoms. The molecule has 2 aromatic rings. The maximum absolute atomic E-state index is 12.3. The standard InChI is InChI=1S/C16H18ClNO2/c1-16(2,3)13(11-7-5-4-6-8-11)18-15(19)12-9-10-20-14(12)17/h4-10,13H,1-3H3,(H,18,19). The van der Waals surface area contributed by atoms with Crippen LogP contribution in [0, 0.1) is 5.41 Å². The summed E-state index contributed by atoms with van der Waals surface area (Å²) < 4.78 is 4.96. The highest BCUT2D eigenvalue weighted by atomic mass is 35.5.